The Hall–Kier alpha value is -3.45. The molecular formula is C27H28FN3O3. The summed E-state index contributed by atoms with van der Waals surface area (Å²) in [4.78, 5) is 28.4. The summed E-state index contributed by atoms with van der Waals surface area (Å²) in [6.07, 6.45) is 7.99. The third-order valence-corrected chi connectivity index (χ3v) is 6.93. The largest absolute Gasteiger partial charge is 0.477 e. The van der Waals surface area contributed by atoms with Gasteiger partial charge in [-0.15, -0.1) is 0 Å². The number of benzene rings is 2. The molecule has 7 heteroatoms. The molecule has 0 radical (unpaired) electrons. The van der Waals surface area contributed by atoms with E-state index in [9.17, 15) is 14.7 Å². The molecule has 176 valence electrons. The number of anilines is 1. The highest BCUT2D eigenvalue weighted by atomic mass is 19.1. The van der Waals surface area contributed by atoms with Crippen LogP contribution >= 0.6 is 0 Å². The first-order valence-corrected chi connectivity index (χ1v) is 11.8. The van der Waals surface area contributed by atoms with Crippen molar-refractivity contribution in [3.05, 3.63) is 80.9 Å². The van der Waals surface area contributed by atoms with Gasteiger partial charge in [0.25, 0.3) is 0 Å². The first-order valence-electron chi connectivity index (χ1n) is 11.8. The number of carboxylic acids is 1. The number of aromatic carboxylic acids is 1. The van der Waals surface area contributed by atoms with Crippen LogP contribution in [0.25, 0.3) is 17.0 Å². The van der Waals surface area contributed by atoms with Crippen LogP contribution in [-0.2, 0) is 19.5 Å². The fraction of sp³-hybridized carbons (Fsp3) is 0.333. The molecule has 5 rings (SSSR count). The first-order chi connectivity index (χ1) is 16.4. The quantitative estimate of drug-likeness (QED) is 0.619. The van der Waals surface area contributed by atoms with Crippen LogP contribution < -0.4 is 10.3 Å². The van der Waals surface area contributed by atoms with Gasteiger partial charge < -0.3 is 14.6 Å². The lowest BCUT2D eigenvalue weighted by Crippen LogP contribution is -2.46. The van der Waals surface area contributed by atoms with E-state index in [4.69, 9.17) is 0 Å². The molecule has 0 atom stereocenters. The van der Waals surface area contributed by atoms with Crippen molar-refractivity contribution in [1.82, 2.24) is 9.47 Å². The molecule has 0 spiro atoms. The molecule has 1 aliphatic heterocycles. The van der Waals surface area contributed by atoms with Gasteiger partial charge in [-0.3, -0.25) is 9.69 Å². The van der Waals surface area contributed by atoms with E-state index in [0.717, 1.165) is 32.5 Å². The Morgan fingerprint density at radius 3 is 2.65 bits per heavy atom. The first kappa shape index (κ1) is 22.3. The Bertz CT molecular complexity index is 1350. The zero-order chi connectivity index (χ0) is 23.8. The SMILES string of the molecule is CCn1cc(C(=O)O)c(=O)c2cc(F)c(N3CCN(Cc4ccc5c(c4)C=CCC5)CC3)cc21. The second-order valence-corrected chi connectivity index (χ2v) is 9.02. The molecule has 0 unspecified atom stereocenters. The molecule has 1 saturated heterocycles. The highest BCUT2D eigenvalue weighted by Crippen LogP contribution is 2.27. The average molecular weight is 462 g/mol. The number of fused-ring (bicyclic) bond motifs is 2. The number of piperazine rings is 1. The standard InChI is InChI=1S/C27H28FN3O3/c1-2-30-17-22(27(33)34)26(32)21-14-23(28)25(15-24(21)30)31-11-9-29(10-12-31)16-18-7-8-19-5-3-4-6-20(19)13-18/h4,6-8,13-15,17H,2-3,5,9-12,16H2,1H3,(H,33,34). The Morgan fingerprint density at radius 2 is 1.91 bits per heavy atom. The Kier molecular flexibility index (Phi) is 5.96. The fourth-order valence-corrected chi connectivity index (χ4v) is 5.04. The van der Waals surface area contributed by atoms with Crippen LogP contribution in [-0.4, -0.2) is 46.7 Å². The monoisotopic (exact) mass is 461 g/mol. The van der Waals surface area contributed by atoms with Gasteiger partial charge in [-0.25, -0.2) is 9.18 Å². The summed E-state index contributed by atoms with van der Waals surface area (Å²) in [6, 6.07) is 9.60. The Balaban J connectivity index is 1.35. The van der Waals surface area contributed by atoms with Crippen molar-refractivity contribution < 1.29 is 14.3 Å². The van der Waals surface area contributed by atoms with Gasteiger partial charge in [0.15, 0.2) is 0 Å². The molecule has 3 aromatic rings. The topological polar surface area (TPSA) is 65.8 Å². The molecule has 0 saturated carbocycles. The molecule has 2 aromatic carbocycles. The lowest BCUT2D eigenvalue weighted by atomic mass is 9.95. The number of pyridine rings is 1. The molecule has 6 nitrogen and oxygen atoms in total. The highest BCUT2D eigenvalue weighted by molar-refractivity contribution is 5.93. The number of hydrogen-bond acceptors (Lipinski definition) is 4. The molecule has 1 fully saturated rings. The van der Waals surface area contributed by atoms with Crippen molar-refractivity contribution in [2.75, 3.05) is 31.1 Å². The van der Waals surface area contributed by atoms with Gasteiger partial charge in [0, 0.05) is 50.9 Å². The molecule has 2 heterocycles. The Morgan fingerprint density at radius 1 is 1.12 bits per heavy atom. The van der Waals surface area contributed by atoms with Crippen LogP contribution in [0.15, 0.2) is 47.4 Å². The zero-order valence-electron chi connectivity index (χ0n) is 19.3. The van der Waals surface area contributed by atoms with E-state index >= 15 is 4.39 Å². The number of aromatic nitrogens is 1. The molecular weight excluding hydrogens is 433 g/mol. The van der Waals surface area contributed by atoms with E-state index < -0.39 is 17.2 Å². The molecule has 1 N–H and O–H groups in total. The summed E-state index contributed by atoms with van der Waals surface area (Å²) in [5.74, 6) is -1.80. The van der Waals surface area contributed by atoms with Gasteiger partial charge in [-0.1, -0.05) is 30.4 Å². The van der Waals surface area contributed by atoms with E-state index in [1.807, 2.05) is 11.8 Å². The highest BCUT2D eigenvalue weighted by Gasteiger charge is 2.23. The molecule has 34 heavy (non-hydrogen) atoms. The predicted octanol–water partition coefficient (Wildman–Crippen LogP) is 4.14. The van der Waals surface area contributed by atoms with Crippen molar-refractivity contribution in [2.45, 2.75) is 32.9 Å². The number of allylic oxidation sites excluding steroid dienone is 1. The van der Waals surface area contributed by atoms with Crippen LogP contribution in [0.1, 0.15) is 40.4 Å². The number of carboxylic acid groups (broad SMARTS) is 1. The lowest BCUT2D eigenvalue weighted by molar-refractivity contribution is 0.0695. The van der Waals surface area contributed by atoms with Crippen molar-refractivity contribution in [1.29, 1.82) is 0 Å². The maximum atomic E-state index is 15.1. The van der Waals surface area contributed by atoms with Gasteiger partial charge in [-0.2, -0.15) is 0 Å². The number of nitrogens with zero attached hydrogens (tertiary/aromatic N) is 3. The average Bonchev–Trinajstić information content (AvgIpc) is 2.84. The van der Waals surface area contributed by atoms with Gasteiger partial charge in [0.05, 0.1) is 11.2 Å². The second kappa shape index (κ2) is 9.06. The summed E-state index contributed by atoms with van der Waals surface area (Å²) >= 11 is 0. The zero-order valence-corrected chi connectivity index (χ0v) is 19.3. The molecule has 1 aromatic heterocycles. The summed E-state index contributed by atoms with van der Waals surface area (Å²) in [6.45, 7) is 6.18. The van der Waals surface area contributed by atoms with Crippen LogP contribution in [0.2, 0.25) is 0 Å². The van der Waals surface area contributed by atoms with Crippen LogP contribution in [0.4, 0.5) is 10.1 Å². The normalized spacial score (nSPS) is 16.1. The van der Waals surface area contributed by atoms with Gasteiger partial charge in [0.1, 0.15) is 11.4 Å². The van der Waals surface area contributed by atoms with Crippen LogP contribution in [0, 0.1) is 5.82 Å². The van der Waals surface area contributed by atoms with Gasteiger partial charge in [0.2, 0.25) is 5.43 Å². The van der Waals surface area contributed by atoms with E-state index in [1.54, 1.807) is 10.6 Å². The van der Waals surface area contributed by atoms with Gasteiger partial charge >= 0.3 is 5.97 Å². The minimum atomic E-state index is -1.30. The maximum Gasteiger partial charge on any atom is 0.341 e. The van der Waals surface area contributed by atoms with Crippen LogP contribution in [0.3, 0.4) is 0 Å². The minimum absolute atomic E-state index is 0.100. The van der Waals surface area contributed by atoms with Crippen molar-refractivity contribution in [3.8, 4) is 0 Å². The predicted molar refractivity (Wildman–Crippen MR) is 132 cm³/mol. The van der Waals surface area contributed by atoms with Crippen LogP contribution in [0.5, 0.6) is 0 Å². The number of hydrogen-bond donors (Lipinski definition) is 1. The van der Waals surface area contributed by atoms with Gasteiger partial charge in [-0.05, 0) is 48.6 Å². The van der Waals surface area contributed by atoms with Crippen molar-refractivity contribution in [3.63, 3.8) is 0 Å². The summed E-state index contributed by atoms with van der Waals surface area (Å²) in [7, 11) is 0. The Labute approximate surface area is 197 Å². The van der Waals surface area contributed by atoms with E-state index in [0.29, 0.717) is 30.8 Å². The molecule has 0 bridgehead atoms. The third kappa shape index (κ3) is 4.12. The van der Waals surface area contributed by atoms with E-state index in [2.05, 4.69) is 35.3 Å². The molecule has 2 aliphatic rings. The maximum absolute atomic E-state index is 15.1. The summed E-state index contributed by atoms with van der Waals surface area (Å²) in [5.41, 5.74) is 4.03. The number of halogens is 1. The van der Waals surface area contributed by atoms with E-state index in [1.165, 1.54) is 29.0 Å². The number of carbonyl (C=O) groups is 1. The number of rotatable bonds is 5. The molecule has 0 amide bonds. The number of aryl methyl sites for hydroxylation is 2. The second-order valence-electron chi connectivity index (χ2n) is 9.02. The third-order valence-electron chi connectivity index (χ3n) is 6.93. The molecule has 1 aliphatic carbocycles. The van der Waals surface area contributed by atoms with Crippen molar-refractivity contribution >= 4 is 28.6 Å². The van der Waals surface area contributed by atoms with Crippen molar-refractivity contribution in [2.24, 2.45) is 0 Å². The van der Waals surface area contributed by atoms with E-state index in [-0.39, 0.29) is 10.9 Å². The smallest absolute Gasteiger partial charge is 0.341 e. The summed E-state index contributed by atoms with van der Waals surface area (Å²) in [5, 5.41) is 9.44. The minimum Gasteiger partial charge on any atom is -0.477 e. The summed E-state index contributed by atoms with van der Waals surface area (Å²) < 4.78 is 16.8. The lowest BCUT2D eigenvalue weighted by Gasteiger charge is -2.36. The fourth-order valence-electron chi connectivity index (χ4n) is 5.04.